The number of ether oxygens (including phenoxy) is 1. The fourth-order valence-electron chi connectivity index (χ4n) is 3.72. The molecule has 30 heavy (non-hydrogen) atoms. The zero-order chi connectivity index (χ0) is 21.8. The van der Waals surface area contributed by atoms with E-state index in [1.807, 2.05) is 4.90 Å². The van der Waals surface area contributed by atoms with E-state index >= 15 is 0 Å². The summed E-state index contributed by atoms with van der Waals surface area (Å²) in [6.45, 7) is 11.9. The topological polar surface area (TPSA) is 79.0 Å². The second-order valence-corrected chi connectivity index (χ2v) is 11.2. The minimum absolute atomic E-state index is 0.0401. The molecule has 1 aromatic carbocycles. The van der Waals surface area contributed by atoms with E-state index < -0.39 is 10.0 Å². The molecule has 1 unspecified atom stereocenters. The van der Waals surface area contributed by atoms with Gasteiger partial charge in [0, 0.05) is 44.9 Å². The van der Waals surface area contributed by atoms with E-state index in [2.05, 4.69) is 30.4 Å². The molecule has 8 heteroatoms. The normalized spacial score (nSPS) is 21.2. The molecule has 1 N–H and O–H groups in total. The van der Waals surface area contributed by atoms with Crippen LogP contribution in [-0.4, -0.2) is 76.1 Å². The maximum Gasteiger partial charge on any atom is 0.253 e. The lowest BCUT2D eigenvalue weighted by atomic mass is 9.92. The second-order valence-electron chi connectivity index (χ2n) is 9.46. The lowest BCUT2D eigenvalue weighted by molar-refractivity contribution is 0.0623. The zero-order valence-electron chi connectivity index (χ0n) is 18.4. The van der Waals surface area contributed by atoms with E-state index in [1.54, 1.807) is 12.1 Å². The van der Waals surface area contributed by atoms with Gasteiger partial charge in [-0.2, -0.15) is 0 Å². The van der Waals surface area contributed by atoms with Crippen molar-refractivity contribution in [3.63, 3.8) is 0 Å². The van der Waals surface area contributed by atoms with Gasteiger partial charge >= 0.3 is 0 Å². The van der Waals surface area contributed by atoms with Crippen molar-refractivity contribution in [3.05, 3.63) is 29.8 Å². The minimum atomic E-state index is -3.60. The van der Waals surface area contributed by atoms with Crippen molar-refractivity contribution in [2.75, 3.05) is 45.9 Å². The molecule has 0 saturated carbocycles. The molecule has 2 fully saturated rings. The van der Waals surface area contributed by atoms with Crippen LogP contribution in [-0.2, 0) is 14.8 Å². The van der Waals surface area contributed by atoms with Crippen molar-refractivity contribution in [3.8, 4) is 0 Å². The first-order valence-electron chi connectivity index (χ1n) is 10.9. The summed E-state index contributed by atoms with van der Waals surface area (Å²) >= 11 is 0. The lowest BCUT2D eigenvalue weighted by Crippen LogP contribution is -2.49. The number of nitrogens with zero attached hydrogens (tertiary/aromatic N) is 2. The summed E-state index contributed by atoms with van der Waals surface area (Å²) in [5.41, 5.74) is 0.838. The van der Waals surface area contributed by atoms with Gasteiger partial charge in [-0.3, -0.25) is 9.69 Å². The molecule has 0 spiro atoms. The third kappa shape index (κ3) is 6.51. The lowest BCUT2D eigenvalue weighted by Gasteiger charge is -2.36. The van der Waals surface area contributed by atoms with E-state index in [1.165, 1.54) is 12.1 Å². The van der Waals surface area contributed by atoms with E-state index in [0.717, 1.165) is 38.9 Å². The predicted octanol–water partition coefficient (Wildman–Crippen LogP) is 2.34. The Hall–Kier alpha value is -1.48. The summed E-state index contributed by atoms with van der Waals surface area (Å²) in [5, 5.41) is 0. The maximum atomic E-state index is 12.8. The largest absolute Gasteiger partial charge is 0.377 e. The Balaban J connectivity index is 1.51. The van der Waals surface area contributed by atoms with Crippen molar-refractivity contribution < 1.29 is 17.9 Å². The summed E-state index contributed by atoms with van der Waals surface area (Å²) < 4.78 is 33.0. The molecule has 3 rings (SSSR count). The molecule has 0 aromatic heterocycles. The Morgan fingerprint density at radius 1 is 1.13 bits per heavy atom. The van der Waals surface area contributed by atoms with Crippen molar-refractivity contribution >= 4 is 15.9 Å². The molecule has 2 heterocycles. The third-order valence-electron chi connectivity index (χ3n) is 5.77. The predicted molar refractivity (Wildman–Crippen MR) is 117 cm³/mol. The van der Waals surface area contributed by atoms with Crippen molar-refractivity contribution in [2.45, 2.75) is 51.0 Å². The van der Waals surface area contributed by atoms with E-state index in [-0.39, 0.29) is 23.5 Å². The van der Waals surface area contributed by atoms with Crippen molar-refractivity contribution in [1.29, 1.82) is 0 Å². The van der Waals surface area contributed by atoms with Gasteiger partial charge in [-0.25, -0.2) is 13.1 Å². The molecule has 168 valence electrons. The number of rotatable bonds is 7. The first kappa shape index (κ1) is 23.2. The molecular formula is C22H35N3O4S. The van der Waals surface area contributed by atoms with Crippen LogP contribution < -0.4 is 4.72 Å². The molecule has 1 aromatic rings. The molecule has 2 saturated heterocycles. The molecule has 0 radical (unpaired) electrons. The first-order chi connectivity index (χ1) is 14.1. The van der Waals surface area contributed by atoms with Crippen LogP contribution in [0.2, 0.25) is 0 Å². The van der Waals surface area contributed by atoms with Gasteiger partial charge in [-0.05, 0) is 55.5 Å². The molecule has 1 atom stereocenters. The molecule has 7 nitrogen and oxygen atoms in total. The minimum Gasteiger partial charge on any atom is -0.377 e. The fourth-order valence-corrected chi connectivity index (χ4v) is 4.79. The number of benzene rings is 1. The number of nitrogens with one attached hydrogen (secondary N) is 1. The smallest absolute Gasteiger partial charge is 0.253 e. The van der Waals surface area contributed by atoms with Crippen LogP contribution >= 0.6 is 0 Å². The SMILES string of the molecule is CC(C)(C)CCN1CCN(C(=O)c2ccc(S(=O)(=O)NCC3CCCO3)cc2)CC1. The summed E-state index contributed by atoms with van der Waals surface area (Å²) in [7, 11) is -3.60. The van der Waals surface area contributed by atoms with E-state index in [4.69, 9.17) is 4.74 Å². The van der Waals surface area contributed by atoms with Crippen molar-refractivity contribution in [2.24, 2.45) is 5.41 Å². The first-order valence-corrected chi connectivity index (χ1v) is 12.4. The van der Waals surface area contributed by atoms with Gasteiger partial charge in [0.1, 0.15) is 0 Å². The summed E-state index contributed by atoms with van der Waals surface area (Å²) in [5.74, 6) is -0.0401. The van der Waals surface area contributed by atoms with Gasteiger partial charge in [0.2, 0.25) is 10.0 Å². The van der Waals surface area contributed by atoms with Gasteiger partial charge in [0.25, 0.3) is 5.91 Å². The van der Waals surface area contributed by atoms with Gasteiger partial charge in [0.05, 0.1) is 11.0 Å². The van der Waals surface area contributed by atoms with Crippen molar-refractivity contribution in [1.82, 2.24) is 14.5 Å². The number of amides is 1. The van der Waals surface area contributed by atoms with Gasteiger partial charge in [-0.15, -0.1) is 0 Å². The van der Waals surface area contributed by atoms with E-state index in [0.29, 0.717) is 30.7 Å². The quantitative estimate of drug-likeness (QED) is 0.708. The molecule has 0 bridgehead atoms. The van der Waals surface area contributed by atoms with Gasteiger partial charge in [0.15, 0.2) is 0 Å². The highest BCUT2D eigenvalue weighted by atomic mass is 32.2. The average molecular weight is 438 g/mol. The standard InChI is InChI=1S/C22H35N3O4S/c1-22(2,3)10-11-24-12-14-25(15-13-24)21(26)18-6-8-20(9-7-18)30(27,28)23-17-19-5-4-16-29-19/h6-9,19,23H,4-5,10-17H2,1-3H3. The molecule has 1 amide bonds. The second kappa shape index (κ2) is 9.77. The third-order valence-corrected chi connectivity index (χ3v) is 7.21. The van der Waals surface area contributed by atoms with Crippen LogP contribution in [0.4, 0.5) is 0 Å². The Labute approximate surface area is 180 Å². The number of piperazine rings is 1. The van der Waals surface area contributed by atoms with Gasteiger partial charge < -0.3 is 9.64 Å². The number of carbonyl (C=O) groups is 1. The van der Waals surface area contributed by atoms with Crippen LogP contribution in [0.15, 0.2) is 29.2 Å². The fraction of sp³-hybridized carbons (Fsp3) is 0.682. The highest BCUT2D eigenvalue weighted by molar-refractivity contribution is 7.89. The van der Waals surface area contributed by atoms with Crippen LogP contribution in [0, 0.1) is 5.41 Å². The average Bonchev–Trinajstić information content (AvgIpc) is 3.24. The summed E-state index contributed by atoms with van der Waals surface area (Å²) in [6.07, 6.45) is 2.92. The Kier molecular flexibility index (Phi) is 7.55. The van der Waals surface area contributed by atoms with Crippen LogP contribution in [0.3, 0.4) is 0 Å². The maximum absolute atomic E-state index is 12.8. The summed E-state index contributed by atoms with van der Waals surface area (Å²) in [6, 6.07) is 6.22. The number of hydrogen-bond donors (Lipinski definition) is 1. The molecule has 0 aliphatic carbocycles. The molecule has 2 aliphatic rings. The molecular weight excluding hydrogens is 402 g/mol. The summed E-state index contributed by atoms with van der Waals surface area (Å²) in [4.78, 5) is 17.2. The Morgan fingerprint density at radius 2 is 1.80 bits per heavy atom. The number of hydrogen-bond acceptors (Lipinski definition) is 5. The number of carbonyl (C=O) groups excluding carboxylic acids is 1. The van der Waals surface area contributed by atoms with E-state index in [9.17, 15) is 13.2 Å². The number of sulfonamides is 1. The Morgan fingerprint density at radius 3 is 2.37 bits per heavy atom. The van der Waals surface area contributed by atoms with Crippen LogP contribution in [0.1, 0.15) is 50.4 Å². The van der Waals surface area contributed by atoms with Crippen LogP contribution in [0.25, 0.3) is 0 Å². The monoisotopic (exact) mass is 437 g/mol. The highest BCUT2D eigenvalue weighted by Gasteiger charge is 2.24. The Bertz CT molecular complexity index is 804. The van der Waals surface area contributed by atoms with Gasteiger partial charge in [-0.1, -0.05) is 20.8 Å². The van der Waals surface area contributed by atoms with Crippen LogP contribution in [0.5, 0.6) is 0 Å². The molecule has 2 aliphatic heterocycles. The highest BCUT2D eigenvalue weighted by Crippen LogP contribution is 2.20. The zero-order valence-corrected chi connectivity index (χ0v) is 19.2.